The summed E-state index contributed by atoms with van der Waals surface area (Å²) >= 11 is 0. The van der Waals surface area contributed by atoms with E-state index in [1.165, 1.54) is 29.3 Å². The van der Waals surface area contributed by atoms with E-state index < -0.39 is 35.5 Å². The molecule has 0 unspecified atom stereocenters. The van der Waals surface area contributed by atoms with Gasteiger partial charge in [0.1, 0.15) is 34.7 Å². The number of amides is 3. The summed E-state index contributed by atoms with van der Waals surface area (Å²) < 4.78 is 26.8. The van der Waals surface area contributed by atoms with Gasteiger partial charge in [-0.15, -0.1) is 0 Å². The fourth-order valence-corrected chi connectivity index (χ4v) is 5.64. The van der Waals surface area contributed by atoms with Gasteiger partial charge in [-0.25, -0.2) is 19.0 Å². The van der Waals surface area contributed by atoms with Gasteiger partial charge in [0.15, 0.2) is 0 Å². The second kappa shape index (κ2) is 15.2. The van der Waals surface area contributed by atoms with Crippen molar-refractivity contribution in [2.75, 3.05) is 45.6 Å². The van der Waals surface area contributed by atoms with Crippen molar-refractivity contribution in [3.05, 3.63) is 87.4 Å². The highest BCUT2D eigenvalue weighted by Crippen LogP contribution is 2.31. The first kappa shape index (κ1) is 37.8. The van der Waals surface area contributed by atoms with Gasteiger partial charge < -0.3 is 29.7 Å². The second-order valence-corrected chi connectivity index (χ2v) is 13.9. The van der Waals surface area contributed by atoms with Gasteiger partial charge in [-0.05, 0) is 95.0 Å². The molecule has 1 saturated heterocycles. The highest BCUT2D eigenvalue weighted by molar-refractivity contribution is 6.07. The third kappa shape index (κ3) is 9.14. The number of nitrogens with one attached hydrogen (secondary N) is 1. The van der Waals surface area contributed by atoms with E-state index in [2.05, 4.69) is 15.2 Å². The van der Waals surface area contributed by atoms with Gasteiger partial charge in [0, 0.05) is 58.1 Å². The van der Waals surface area contributed by atoms with E-state index in [1.54, 1.807) is 58.0 Å². The van der Waals surface area contributed by atoms with Crippen LogP contribution in [0.1, 0.15) is 87.1 Å². The number of carbonyl (C=O) groups excluding carboxylic acids is 3. The molecule has 0 saturated carbocycles. The molecule has 50 heavy (non-hydrogen) atoms. The number of aryl methyl sites for hydroxylation is 3. The van der Waals surface area contributed by atoms with E-state index in [1.807, 2.05) is 27.7 Å². The molecular weight excluding hydrogens is 645 g/mol. The van der Waals surface area contributed by atoms with Crippen LogP contribution in [0.4, 0.5) is 15.0 Å². The molecule has 1 fully saturated rings. The van der Waals surface area contributed by atoms with Crippen LogP contribution in [0.25, 0.3) is 0 Å². The fraction of sp³-hybridized carbons (Fsp3) is 0.432. The van der Waals surface area contributed by atoms with Crippen LogP contribution in [-0.4, -0.2) is 101 Å². The van der Waals surface area contributed by atoms with Crippen molar-refractivity contribution in [3.8, 4) is 5.75 Å². The summed E-state index contributed by atoms with van der Waals surface area (Å²) in [6.07, 6.45) is 0.174. The Kier molecular flexibility index (Phi) is 11.5. The Morgan fingerprint density at radius 3 is 2.30 bits per heavy atom. The topological polar surface area (TPSA) is 142 Å². The zero-order valence-corrected chi connectivity index (χ0v) is 30.1. The molecule has 3 amide bonds. The van der Waals surface area contributed by atoms with Crippen molar-refractivity contribution < 1.29 is 38.1 Å². The highest BCUT2D eigenvalue weighted by atomic mass is 19.1. The largest absolute Gasteiger partial charge is 0.483 e. The maximum atomic E-state index is 14.8. The van der Waals surface area contributed by atoms with E-state index in [9.17, 15) is 28.7 Å². The first-order valence-corrected chi connectivity index (χ1v) is 16.4. The first-order chi connectivity index (χ1) is 23.3. The number of nitrogens with zero attached hydrogens (tertiary/aromatic N) is 4. The van der Waals surface area contributed by atoms with Gasteiger partial charge in [-0.1, -0.05) is 12.1 Å². The molecule has 3 aromatic rings. The number of anilines is 1. The Morgan fingerprint density at radius 1 is 1.02 bits per heavy atom. The molecule has 0 bridgehead atoms. The lowest BCUT2D eigenvalue weighted by Gasteiger charge is -2.41. The Labute approximate surface area is 292 Å². The van der Waals surface area contributed by atoms with Crippen LogP contribution in [0.5, 0.6) is 5.75 Å². The smallest absolute Gasteiger partial charge is 0.410 e. The number of piperazine rings is 1. The molecule has 1 aliphatic rings. The van der Waals surface area contributed by atoms with Gasteiger partial charge in [0.2, 0.25) is 0 Å². The molecule has 268 valence electrons. The standard InChI is InChI=1S/C37H46FN5O7/c1-21-10-11-25(16-29(21)38)31(20-42-12-13-43(24(4)19-42)36(48)50-37(5,6)7)49-30-15-22(2)27(17-28(30)35(46)47)33(44)40-32-23(3)14-26(18-39-32)34(45)41(8)9/h10-11,14-18,24,31H,12-13,19-20H2,1-9H3,(H,46,47)(H,39,40,44)/t24-,31-/m1/s1. The van der Waals surface area contributed by atoms with Crippen LogP contribution < -0.4 is 10.1 Å². The van der Waals surface area contributed by atoms with Crippen LogP contribution in [0, 0.1) is 26.6 Å². The lowest BCUT2D eigenvalue weighted by atomic mass is 10.0. The summed E-state index contributed by atoms with van der Waals surface area (Å²) in [6.45, 7) is 14.0. The summed E-state index contributed by atoms with van der Waals surface area (Å²) in [5, 5.41) is 12.9. The molecular formula is C37H46FN5O7. The van der Waals surface area contributed by atoms with Gasteiger partial charge in [0.05, 0.1) is 5.56 Å². The van der Waals surface area contributed by atoms with E-state index in [0.29, 0.717) is 47.5 Å². The lowest BCUT2D eigenvalue weighted by Crippen LogP contribution is -2.55. The van der Waals surface area contributed by atoms with Crippen molar-refractivity contribution in [2.24, 2.45) is 0 Å². The summed E-state index contributed by atoms with van der Waals surface area (Å²) in [7, 11) is 3.25. The predicted octanol–water partition coefficient (Wildman–Crippen LogP) is 5.86. The maximum absolute atomic E-state index is 14.8. The number of aromatic carboxylic acids is 1. The number of pyridine rings is 1. The summed E-state index contributed by atoms with van der Waals surface area (Å²) in [5.41, 5.74) is 1.51. The van der Waals surface area contributed by atoms with Crippen molar-refractivity contribution in [3.63, 3.8) is 0 Å². The monoisotopic (exact) mass is 691 g/mol. The molecule has 0 aliphatic carbocycles. The quantitative estimate of drug-likeness (QED) is 0.282. The molecule has 1 aromatic heterocycles. The van der Waals surface area contributed by atoms with Crippen molar-refractivity contribution in [1.82, 2.24) is 19.7 Å². The fourth-order valence-electron chi connectivity index (χ4n) is 5.64. The first-order valence-electron chi connectivity index (χ1n) is 16.4. The minimum Gasteiger partial charge on any atom is -0.483 e. The lowest BCUT2D eigenvalue weighted by molar-refractivity contribution is -0.00302. The third-order valence-electron chi connectivity index (χ3n) is 8.37. The van der Waals surface area contributed by atoms with Gasteiger partial charge in [0.25, 0.3) is 11.8 Å². The van der Waals surface area contributed by atoms with Gasteiger partial charge in [-0.2, -0.15) is 0 Å². The number of hydrogen-bond donors (Lipinski definition) is 2. The number of benzene rings is 2. The zero-order valence-electron chi connectivity index (χ0n) is 30.1. The highest BCUT2D eigenvalue weighted by Gasteiger charge is 2.33. The maximum Gasteiger partial charge on any atom is 0.410 e. The summed E-state index contributed by atoms with van der Waals surface area (Å²) in [5.74, 6) is -2.33. The number of ether oxygens (including phenoxy) is 2. The van der Waals surface area contributed by atoms with E-state index >= 15 is 0 Å². The number of carbonyl (C=O) groups is 4. The summed E-state index contributed by atoms with van der Waals surface area (Å²) in [6, 6.07) is 8.91. The number of rotatable bonds is 9. The van der Waals surface area contributed by atoms with Crippen LogP contribution in [-0.2, 0) is 4.74 Å². The van der Waals surface area contributed by atoms with E-state index in [4.69, 9.17) is 9.47 Å². The minimum atomic E-state index is -1.32. The average molecular weight is 692 g/mol. The van der Waals surface area contributed by atoms with Gasteiger partial charge in [-0.3, -0.25) is 14.5 Å². The average Bonchev–Trinajstić information content (AvgIpc) is 3.01. The Bertz CT molecular complexity index is 1790. The normalized spacial score (nSPS) is 15.6. The molecule has 0 radical (unpaired) electrons. The van der Waals surface area contributed by atoms with Crippen molar-refractivity contribution in [2.45, 2.75) is 66.2 Å². The summed E-state index contributed by atoms with van der Waals surface area (Å²) in [4.78, 5) is 60.5. The molecule has 4 rings (SSSR count). The van der Waals surface area contributed by atoms with Gasteiger partial charge >= 0.3 is 12.1 Å². The molecule has 12 nitrogen and oxygen atoms in total. The Morgan fingerprint density at radius 2 is 1.72 bits per heavy atom. The molecule has 2 atom stereocenters. The molecule has 2 N–H and O–H groups in total. The predicted molar refractivity (Wildman–Crippen MR) is 186 cm³/mol. The van der Waals surface area contributed by atoms with Crippen molar-refractivity contribution in [1.29, 1.82) is 0 Å². The molecule has 0 spiro atoms. The van der Waals surface area contributed by atoms with Crippen LogP contribution in [0.3, 0.4) is 0 Å². The van der Waals surface area contributed by atoms with E-state index in [0.717, 1.165) is 0 Å². The minimum absolute atomic E-state index is 0.0128. The number of carboxylic acid groups (broad SMARTS) is 1. The van der Waals surface area contributed by atoms with Crippen LogP contribution >= 0.6 is 0 Å². The Balaban J connectivity index is 1.60. The number of aromatic nitrogens is 1. The van der Waals surface area contributed by atoms with E-state index in [-0.39, 0.29) is 41.2 Å². The number of hydrogen-bond acceptors (Lipinski definition) is 8. The van der Waals surface area contributed by atoms with Crippen LogP contribution in [0.15, 0.2) is 42.6 Å². The number of halogens is 1. The molecule has 2 aromatic carbocycles. The third-order valence-corrected chi connectivity index (χ3v) is 8.37. The van der Waals surface area contributed by atoms with Crippen LogP contribution in [0.2, 0.25) is 0 Å². The van der Waals surface area contributed by atoms with Crippen molar-refractivity contribution >= 4 is 29.7 Å². The number of carboxylic acids is 1. The SMILES string of the molecule is Cc1ccc([C@@H](CN2CCN(C(=O)OC(C)(C)C)[C@H](C)C2)Oc2cc(C)c(C(=O)Nc3ncc(C(=O)N(C)C)cc3C)cc2C(=O)O)cc1F. The molecule has 2 heterocycles. The Hall–Kier alpha value is -5.04. The molecule has 1 aliphatic heterocycles. The molecule has 13 heteroatoms. The second-order valence-electron chi connectivity index (χ2n) is 13.9. The zero-order chi connectivity index (χ0) is 37.1.